The standard InChI is InChI=1S/C31H36F3N5O3/c1-40-30-24(21-8-12-39(13-9-21)18-31(32,33)34)5-7-28(38-30)37-29-17-26(35-19-36-29)22-4-6-27(25(16-22)20-2-3-20)42-23-10-14-41-15-11-23/h4-7,16-17,19-21,23H,2-3,8-15,18H2,1H3,(H,35,36,37,38). The number of ether oxygens (including phenoxy) is 3. The van der Waals surface area contributed by atoms with Gasteiger partial charge in [0.15, 0.2) is 0 Å². The summed E-state index contributed by atoms with van der Waals surface area (Å²) in [6, 6.07) is 12.0. The van der Waals surface area contributed by atoms with Gasteiger partial charge < -0.3 is 19.5 Å². The van der Waals surface area contributed by atoms with E-state index in [1.165, 1.54) is 29.6 Å². The Morgan fingerprint density at radius 1 is 0.905 bits per heavy atom. The lowest BCUT2D eigenvalue weighted by atomic mass is 9.90. The predicted octanol–water partition coefficient (Wildman–Crippen LogP) is 6.47. The first-order chi connectivity index (χ1) is 20.3. The van der Waals surface area contributed by atoms with Crippen molar-refractivity contribution in [3.8, 4) is 22.9 Å². The number of pyridine rings is 1. The van der Waals surface area contributed by atoms with Gasteiger partial charge in [0.1, 0.15) is 29.8 Å². The summed E-state index contributed by atoms with van der Waals surface area (Å²) in [6.45, 7) is 1.40. The summed E-state index contributed by atoms with van der Waals surface area (Å²) in [5, 5.41) is 3.26. The molecule has 2 aromatic heterocycles. The summed E-state index contributed by atoms with van der Waals surface area (Å²) >= 11 is 0. The van der Waals surface area contributed by atoms with Crippen LogP contribution >= 0.6 is 0 Å². The van der Waals surface area contributed by atoms with Crippen molar-refractivity contribution in [2.24, 2.45) is 0 Å². The largest absolute Gasteiger partial charge is 0.490 e. The molecule has 1 N–H and O–H groups in total. The first-order valence-electron chi connectivity index (χ1n) is 14.7. The number of benzene rings is 1. The first kappa shape index (κ1) is 28.7. The monoisotopic (exact) mass is 583 g/mol. The molecule has 3 aliphatic rings. The van der Waals surface area contributed by atoms with E-state index in [1.54, 1.807) is 7.11 Å². The van der Waals surface area contributed by atoms with Gasteiger partial charge in [-0.2, -0.15) is 18.2 Å². The lowest BCUT2D eigenvalue weighted by molar-refractivity contribution is -0.147. The normalized spacial score (nSPS) is 19.0. The molecule has 4 heterocycles. The molecule has 2 aliphatic heterocycles. The number of piperidine rings is 1. The zero-order chi connectivity index (χ0) is 29.1. The molecule has 0 bridgehead atoms. The second kappa shape index (κ2) is 12.4. The van der Waals surface area contributed by atoms with Gasteiger partial charge in [0.2, 0.25) is 5.88 Å². The van der Waals surface area contributed by atoms with E-state index in [1.807, 2.05) is 24.3 Å². The van der Waals surface area contributed by atoms with Crippen LogP contribution in [0.15, 0.2) is 42.7 Å². The minimum Gasteiger partial charge on any atom is -0.490 e. The summed E-state index contributed by atoms with van der Waals surface area (Å²) in [6.07, 6.45) is 2.94. The molecule has 0 amide bonds. The number of nitrogens with one attached hydrogen (secondary N) is 1. The van der Waals surface area contributed by atoms with Crippen LogP contribution in [0, 0.1) is 0 Å². The molecule has 0 atom stereocenters. The topological polar surface area (TPSA) is 81.6 Å². The number of halogens is 3. The number of hydrogen-bond donors (Lipinski definition) is 1. The maximum atomic E-state index is 12.8. The molecule has 0 unspecified atom stereocenters. The van der Waals surface area contributed by atoms with Crippen LogP contribution in [0.1, 0.15) is 61.5 Å². The van der Waals surface area contributed by atoms with Gasteiger partial charge in [-0.25, -0.2) is 9.97 Å². The third kappa shape index (κ3) is 7.12. The van der Waals surface area contributed by atoms with Gasteiger partial charge in [-0.15, -0.1) is 0 Å². The Hall–Kier alpha value is -3.44. The number of methoxy groups -OCH3 is 1. The second-order valence-electron chi connectivity index (χ2n) is 11.3. The van der Waals surface area contributed by atoms with Crippen molar-refractivity contribution in [1.29, 1.82) is 0 Å². The Morgan fingerprint density at radius 3 is 2.38 bits per heavy atom. The molecule has 2 saturated heterocycles. The van der Waals surface area contributed by atoms with Gasteiger partial charge in [0.05, 0.1) is 32.6 Å². The predicted molar refractivity (Wildman–Crippen MR) is 152 cm³/mol. The van der Waals surface area contributed by atoms with E-state index < -0.39 is 12.7 Å². The van der Waals surface area contributed by atoms with Crippen LogP contribution in [-0.2, 0) is 4.74 Å². The number of aromatic nitrogens is 3. The van der Waals surface area contributed by atoms with Gasteiger partial charge >= 0.3 is 6.18 Å². The van der Waals surface area contributed by atoms with E-state index >= 15 is 0 Å². The van der Waals surface area contributed by atoms with Crippen molar-refractivity contribution >= 4 is 11.6 Å². The van der Waals surface area contributed by atoms with Gasteiger partial charge in [-0.1, -0.05) is 0 Å². The van der Waals surface area contributed by atoms with Crippen LogP contribution in [0.3, 0.4) is 0 Å². The van der Waals surface area contributed by atoms with Gasteiger partial charge in [0.25, 0.3) is 0 Å². The van der Waals surface area contributed by atoms with Crippen molar-refractivity contribution in [1.82, 2.24) is 19.9 Å². The summed E-state index contributed by atoms with van der Waals surface area (Å²) < 4.78 is 55.8. The average molecular weight is 584 g/mol. The number of hydrogen-bond acceptors (Lipinski definition) is 8. The molecule has 0 spiro atoms. The van der Waals surface area contributed by atoms with Crippen molar-refractivity contribution in [3.63, 3.8) is 0 Å². The number of alkyl halides is 3. The Morgan fingerprint density at radius 2 is 1.67 bits per heavy atom. The number of likely N-dealkylation sites (tertiary alicyclic amines) is 1. The Bertz CT molecular complexity index is 1370. The summed E-state index contributed by atoms with van der Waals surface area (Å²) in [4.78, 5) is 15.0. The third-order valence-corrected chi connectivity index (χ3v) is 8.22. The molecule has 3 aromatic rings. The molecule has 42 heavy (non-hydrogen) atoms. The minimum atomic E-state index is -4.18. The molecule has 0 radical (unpaired) electrons. The van der Waals surface area contributed by atoms with Gasteiger partial charge in [-0.05, 0) is 86.5 Å². The number of rotatable bonds is 9. The van der Waals surface area contributed by atoms with Crippen LogP contribution in [0.2, 0.25) is 0 Å². The highest BCUT2D eigenvalue weighted by Crippen LogP contribution is 2.46. The van der Waals surface area contributed by atoms with E-state index in [0.717, 1.165) is 48.6 Å². The van der Waals surface area contributed by atoms with Gasteiger partial charge in [0, 0.05) is 30.0 Å². The molecular weight excluding hydrogens is 547 g/mol. The summed E-state index contributed by atoms with van der Waals surface area (Å²) in [7, 11) is 1.56. The van der Waals surface area contributed by atoms with Crippen LogP contribution in [-0.4, -0.2) is 72.1 Å². The zero-order valence-corrected chi connectivity index (χ0v) is 23.7. The number of anilines is 2. The first-order valence-corrected chi connectivity index (χ1v) is 14.7. The van der Waals surface area contributed by atoms with Crippen molar-refractivity contribution in [3.05, 3.63) is 53.9 Å². The quantitative estimate of drug-likeness (QED) is 0.307. The molecule has 224 valence electrons. The Labute approximate surface area is 243 Å². The summed E-state index contributed by atoms with van der Waals surface area (Å²) in [5.74, 6) is 3.20. The van der Waals surface area contributed by atoms with E-state index in [2.05, 4.69) is 32.4 Å². The fraction of sp³-hybridized carbons (Fsp3) is 0.516. The Balaban J connectivity index is 1.14. The Kier molecular flexibility index (Phi) is 8.48. The minimum absolute atomic E-state index is 0.0932. The highest BCUT2D eigenvalue weighted by atomic mass is 19.4. The van der Waals surface area contributed by atoms with Crippen molar-refractivity contribution in [2.45, 2.75) is 62.6 Å². The lowest BCUT2D eigenvalue weighted by Gasteiger charge is -2.32. The molecule has 3 fully saturated rings. The van der Waals surface area contributed by atoms with Crippen LogP contribution in [0.25, 0.3) is 11.3 Å². The second-order valence-corrected chi connectivity index (χ2v) is 11.3. The smallest absolute Gasteiger partial charge is 0.401 e. The average Bonchev–Trinajstić information content (AvgIpc) is 3.83. The van der Waals surface area contributed by atoms with E-state index in [4.69, 9.17) is 14.2 Å². The molecule has 8 nitrogen and oxygen atoms in total. The molecular formula is C31H36F3N5O3. The van der Waals surface area contributed by atoms with E-state index in [-0.39, 0.29) is 12.0 Å². The highest BCUT2D eigenvalue weighted by Gasteiger charge is 2.33. The van der Waals surface area contributed by atoms with Crippen LogP contribution in [0.4, 0.5) is 24.8 Å². The van der Waals surface area contributed by atoms with E-state index in [0.29, 0.717) is 49.4 Å². The fourth-order valence-electron chi connectivity index (χ4n) is 5.87. The fourth-order valence-corrected chi connectivity index (χ4v) is 5.87. The van der Waals surface area contributed by atoms with E-state index in [9.17, 15) is 13.2 Å². The highest BCUT2D eigenvalue weighted by molar-refractivity contribution is 5.67. The summed E-state index contributed by atoms with van der Waals surface area (Å²) in [5.41, 5.74) is 3.94. The van der Waals surface area contributed by atoms with Crippen molar-refractivity contribution < 1.29 is 27.4 Å². The van der Waals surface area contributed by atoms with Gasteiger partial charge in [-0.3, -0.25) is 4.90 Å². The number of nitrogens with zero attached hydrogens (tertiary/aromatic N) is 4. The maximum Gasteiger partial charge on any atom is 0.401 e. The molecule has 6 rings (SSSR count). The zero-order valence-electron chi connectivity index (χ0n) is 23.7. The molecule has 1 aromatic carbocycles. The molecule has 1 aliphatic carbocycles. The maximum absolute atomic E-state index is 12.8. The molecule has 1 saturated carbocycles. The third-order valence-electron chi connectivity index (χ3n) is 8.22. The SMILES string of the molecule is COc1nc(Nc2cc(-c3ccc(OC4CCOCC4)c(C4CC4)c3)ncn2)ccc1C1CCN(CC(F)(F)F)CC1. The van der Waals surface area contributed by atoms with Crippen LogP contribution < -0.4 is 14.8 Å². The van der Waals surface area contributed by atoms with Crippen LogP contribution in [0.5, 0.6) is 11.6 Å². The molecule has 11 heteroatoms. The lowest BCUT2D eigenvalue weighted by Crippen LogP contribution is -2.39. The van der Waals surface area contributed by atoms with Crippen molar-refractivity contribution in [2.75, 3.05) is 45.3 Å².